The molecule has 6 nitrogen and oxygen atoms in total. The van der Waals surface area contributed by atoms with Crippen molar-refractivity contribution >= 4 is 5.91 Å². The Morgan fingerprint density at radius 1 is 1.17 bits per heavy atom. The molecule has 2 aliphatic rings. The first-order valence-electron chi connectivity index (χ1n) is 10.5. The van der Waals surface area contributed by atoms with Gasteiger partial charge in [0.05, 0.1) is 19.2 Å². The van der Waals surface area contributed by atoms with Crippen molar-refractivity contribution in [1.29, 1.82) is 0 Å². The van der Waals surface area contributed by atoms with E-state index in [0.717, 1.165) is 56.8 Å². The van der Waals surface area contributed by atoms with Crippen LogP contribution < -0.4 is 14.8 Å². The van der Waals surface area contributed by atoms with E-state index in [9.17, 15) is 4.79 Å². The van der Waals surface area contributed by atoms with Crippen LogP contribution >= 0.6 is 0 Å². The number of methoxy groups -OCH3 is 1. The zero-order valence-electron chi connectivity index (χ0n) is 17.5. The zero-order chi connectivity index (χ0) is 20.4. The van der Waals surface area contributed by atoms with Gasteiger partial charge in [-0.05, 0) is 63.3 Å². The minimum absolute atomic E-state index is 0.0638. The van der Waals surface area contributed by atoms with Crippen molar-refractivity contribution in [2.45, 2.75) is 58.2 Å². The number of carbonyl (C=O) groups excluding carboxylic acids is 1. The summed E-state index contributed by atoms with van der Waals surface area (Å²) in [5.41, 5.74) is 1.79. The summed E-state index contributed by atoms with van der Waals surface area (Å²) in [6.07, 6.45) is 4.04. The third-order valence-electron chi connectivity index (χ3n) is 5.77. The Morgan fingerprint density at radius 2 is 1.93 bits per heavy atom. The molecule has 156 valence electrons. The minimum Gasteiger partial charge on any atom is -0.497 e. The number of carbonyl (C=O) groups is 1. The highest BCUT2D eigenvalue weighted by atomic mass is 16.5. The number of rotatable bonds is 7. The molecule has 0 bridgehead atoms. The molecule has 2 heterocycles. The van der Waals surface area contributed by atoms with Crippen LogP contribution in [0.4, 0.5) is 0 Å². The Hall–Kier alpha value is -2.47. The fourth-order valence-electron chi connectivity index (χ4n) is 3.72. The van der Waals surface area contributed by atoms with Gasteiger partial charge in [0.1, 0.15) is 29.1 Å². The maximum atomic E-state index is 12.6. The lowest BCUT2D eigenvalue weighted by atomic mass is 10.1. The van der Waals surface area contributed by atoms with E-state index in [2.05, 4.69) is 23.2 Å². The average molecular weight is 399 g/mol. The molecule has 0 unspecified atom stereocenters. The number of hydrogen-bond acceptors (Lipinski definition) is 5. The van der Waals surface area contributed by atoms with E-state index in [1.807, 2.05) is 19.1 Å². The lowest BCUT2D eigenvalue weighted by Crippen LogP contribution is -2.38. The number of benzene rings is 1. The largest absolute Gasteiger partial charge is 0.497 e. The summed E-state index contributed by atoms with van der Waals surface area (Å²) in [5.74, 6) is 3.26. The second kappa shape index (κ2) is 8.49. The normalized spacial score (nSPS) is 17.9. The summed E-state index contributed by atoms with van der Waals surface area (Å²) < 4.78 is 17.4. The maximum absolute atomic E-state index is 12.6. The van der Waals surface area contributed by atoms with Crippen molar-refractivity contribution in [2.75, 3.05) is 20.2 Å². The van der Waals surface area contributed by atoms with Crippen molar-refractivity contribution in [3.8, 4) is 11.5 Å². The van der Waals surface area contributed by atoms with Crippen LogP contribution in [-0.4, -0.2) is 43.2 Å². The van der Waals surface area contributed by atoms with Gasteiger partial charge in [0.15, 0.2) is 0 Å². The van der Waals surface area contributed by atoms with Crippen molar-refractivity contribution in [1.82, 2.24) is 10.2 Å². The van der Waals surface area contributed by atoms with Crippen LogP contribution in [0.15, 0.2) is 28.7 Å². The van der Waals surface area contributed by atoms with Crippen molar-refractivity contribution in [2.24, 2.45) is 0 Å². The Bertz CT molecular complexity index is 844. The number of ether oxygens (including phenoxy) is 2. The molecular weight excluding hydrogens is 368 g/mol. The van der Waals surface area contributed by atoms with Gasteiger partial charge in [0, 0.05) is 25.2 Å². The first kappa shape index (κ1) is 19.8. The van der Waals surface area contributed by atoms with Gasteiger partial charge in [-0.3, -0.25) is 9.69 Å². The number of nitrogens with zero attached hydrogens (tertiary/aromatic N) is 1. The molecule has 1 aromatic carbocycles. The van der Waals surface area contributed by atoms with Gasteiger partial charge in [-0.15, -0.1) is 0 Å². The Balaban J connectivity index is 1.37. The molecule has 1 aliphatic heterocycles. The molecule has 1 N–H and O–H groups in total. The molecule has 4 rings (SSSR count). The number of piperidine rings is 1. The van der Waals surface area contributed by atoms with Crippen LogP contribution in [0, 0.1) is 13.8 Å². The van der Waals surface area contributed by atoms with Gasteiger partial charge in [-0.2, -0.15) is 0 Å². The summed E-state index contributed by atoms with van der Waals surface area (Å²) in [4.78, 5) is 15.0. The summed E-state index contributed by atoms with van der Waals surface area (Å²) in [6, 6.07) is 7.86. The summed E-state index contributed by atoms with van der Waals surface area (Å²) in [5, 5.41) is 3.05. The van der Waals surface area contributed by atoms with Gasteiger partial charge in [-0.1, -0.05) is 0 Å². The highest BCUT2D eigenvalue weighted by Crippen LogP contribution is 2.29. The predicted molar refractivity (Wildman–Crippen MR) is 111 cm³/mol. The summed E-state index contributed by atoms with van der Waals surface area (Å²) >= 11 is 0. The maximum Gasteiger partial charge on any atom is 0.255 e. The number of likely N-dealkylation sites (tertiary alicyclic amines) is 1. The second-order valence-electron chi connectivity index (χ2n) is 8.16. The smallest absolute Gasteiger partial charge is 0.255 e. The van der Waals surface area contributed by atoms with E-state index in [4.69, 9.17) is 13.9 Å². The Morgan fingerprint density at radius 3 is 2.55 bits per heavy atom. The average Bonchev–Trinajstić information content (AvgIpc) is 3.47. The van der Waals surface area contributed by atoms with E-state index in [1.54, 1.807) is 13.2 Å². The third-order valence-corrected chi connectivity index (χ3v) is 5.77. The highest BCUT2D eigenvalue weighted by molar-refractivity contribution is 5.97. The lowest BCUT2D eigenvalue weighted by molar-refractivity contribution is 0.0869. The molecule has 1 saturated heterocycles. The molecule has 1 aliphatic carbocycles. The van der Waals surface area contributed by atoms with Crippen molar-refractivity contribution in [3.63, 3.8) is 0 Å². The fraction of sp³-hybridized carbons (Fsp3) is 0.522. The highest BCUT2D eigenvalue weighted by Gasteiger charge is 2.27. The Labute approximate surface area is 172 Å². The summed E-state index contributed by atoms with van der Waals surface area (Å²) in [7, 11) is 1.62. The Kier molecular flexibility index (Phi) is 5.81. The first-order valence-corrected chi connectivity index (χ1v) is 10.5. The fourth-order valence-corrected chi connectivity index (χ4v) is 3.72. The standard InChI is InChI=1S/C23H30N2O4/c1-15-12-20(28-16(15)2)14-25-10-8-18(9-11-25)29-22-13-19(27-3)6-7-21(22)23(26)24-17-4-5-17/h6-7,12-13,17-18H,4-5,8-11,14H2,1-3H3,(H,24,26). The molecule has 1 aromatic heterocycles. The summed E-state index contributed by atoms with van der Waals surface area (Å²) in [6.45, 7) is 6.79. The minimum atomic E-state index is -0.0638. The zero-order valence-corrected chi connectivity index (χ0v) is 17.5. The molecule has 6 heteroatoms. The quantitative estimate of drug-likeness (QED) is 0.768. The van der Waals surface area contributed by atoms with E-state index < -0.39 is 0 Å². The van der Waals surface area contributed by atoms with E-state index in [0.29, 0.717) is 23.1 Å². The van der Waals surface area contributed by atoms with Crippen molar-refractivity contribution in [3.05, 3.63) is 46.9 Å². The molecule has 0 radical (unpaired) electrons. The van der Waals surface area contributed by atoms with Crippen LogP contribution in [0.2, 0.25) is 0 Å². The number of nitrogens with one attached hydrogen (secondary N) is 1. The number of hydrogen-bond donors (Lipinski definition) is 1. The van der Waals surface area contributed by atoms with E-state index in [1.165, 1.54) is 5.56 Å². The first-order chi connectivity index (χ1) is 14.0. The van der Waals surface area contributed by atoms with Crippen LogP contribution in [0.1, 0.15) is 53.1 Å². The van der Waals surface area contributed by atoms with Crippen LogP contribution in [0.5, 0.6) is 11.5 Å². The topological polar surface area (TPSA) is 63.9 Å². The molecule has 0 atom stereocenters. The van der Waals surface area contributed by atoms with Crippen LogP contribution in [0.3, 0.4) is 0 Å². The number of aryl methyl sites for hydroxylation is 2. The van der Waals surface area contributed by atoms with Gasteiger partial charge < -0.3 is 19.2 Å². The SMILES string of the molecule is COc1ccc(C(=O)NC2CC2)c(OC2CCN(Cc3cc(C)c(C)o3)CC2)c1. The van der Waals surface area contributed by atoms with Gasteiger partial charge in [0.25, 0.3) is 5.91 Å². The third kappa shape index (κ3) is 4.93. The number of furan rings is 1. The van der Waals surface area contributed by atoms with Gasteiger partial charge >= 0.3 is 0 Å². The molecule has 2 aromatic rings. The molecule has 29 heavy (non-hydrogen) atoms. The van der Waals surface area contributed by atoms with Gasteiger partial charge in [-0.25, -0.2) is 0 Å². The molecule has 0 spiro atoms. The van der Waals surface area contributed by atoms with Crippen molar-refractivity contribution < 1.29 is 18.7 Å². The lowest BCUT2D eigenvalue weighted by Gasteiger charge is -2.32. The van der Waals surface area contributed by atoms with Crippen LogP contribution in [0.25, 0.3) is 0 Å². The van der Waals surface area contributed by atoms with E-state index in [-0.39, 0.29) is 12.0 Å². The monoisotopic (exact) mass is 398 g/mol. The molecule has 1 saturated carbocycles. The molecular formula is C23H30N2O4. The number of amides is 1. The van der Waals surface area contributed by atoms with E-state index >= 15 is 0 Å². The molecule has 2 fully saturated rings. The van der Waals surface area contributed by atoms with Crippen LogP contribution in [-0.2, 0) is 6.54 Å². The molecule has 1 amide bonds. The van der Waals surface area contributed by atoms with Gasteiger partial charge in [0.2, 0.25) is 0 Å². The second-order valence-corrected chi connectivity index (χ2v) is 8.16. The predicted octanol–water partition coefficient (Wildman–Crippen LogP) is 3.84.